The third kappa shape index (κ3) is 3.29. The van der Waals surface area contributed by atoms with Crippen LogP contribution in [0.2, 0.25) is 5.02 Å². The highest BCUT2D eigenvalue weighted by Gasteiger charge is 1.98. The molecule has 0 spiro atoms. The highest BCUT2D eigenvalue weighted by atomic mass is 35.5. The lowest BCUT2D eigenvalue weighted by Gasteiger charge is -2.05. The quantitative estimate of drug-likeness (QED) is 0.780. The Morgan fingerprint density at radius 1 is 1.18 bits per heavy atom. The summed E-state index contributed by atoms with van der Waals surface area (Å²) in [6, 6.07) is 10.7. The molecular formula is C13H10ClNO2. The minimum Gasteiger partial charge on any atom is -0.473 e. The largest absolute Gasteiger partial charge is 0.473 e. The molecule has 0 radical (unpaired) electrons. The Kier molecular flexibility index (Phi) is 3.73. The lowest BCUT2D eigenvalue weighted by atomic mass is 10.2. The molecule has 0 saturated carbocycles. The lowest BCUT2D eigenvalue weighted by molar-refractivity contribution is 0.112. The number of carbonyl (C=O) groups is 1. The van der Waals surface area contributed by atoms with Gasteiger partial charge >= 0.3 is 0 Å². The number of aldehydes is 1. The van der Waals surface area contributed by atoms with Gasteiger partial charge in [-0.2, -0.15) is 0 Å². The molecular weight excluding hydrogens is 238 g/mol. The third-order valence-electron chi connectivity index (χ3n) is 2.20. The number of nitrogens with zero attached hydrogens (tertiary/aromatic N) is 1. The maximum absolute atomic E-state index is 10.4. The normalized spacial score (nSPS) is 9.94. The number of pyridine rings is 1. The van der Waals surface area contributed by atoms with Crippen LogP contribution in [0.15, 0.2) is 42.6 Å². The Balaban J connectivity index is 1.97. The Morgan fingerprint density at radius 3 is 2.53 bits per heavy atom. The monoisotopic (exact) mass is 247 g/mol. The average Bonchev–Trinajstić information content (AvgIpc) is 2.39. The maximum atomic E-state index is 10.4. The molecule has 0 saturated heterocycles. The van der Waals surface area contributed by atoms with Crippen LogP contribution in [-0.4, -0.2) is 11.3 Å². The SMILES string of the molecule is O=Cc1ccc(OCc2ccc(Cl)cc2)nc1. The molecule has 0 amide bonds. The van der Waals surface area contributed by atoms with E-state index in [9.17, 15) is 4.79 Å². The summed E-state index contributed by atoms with van der Waals surface area (Å²) in [5, 5.41) is 0.696. The van der Waals surface area contributed by atoms with E-state index in [0.29, 0.717) is 23.1 Å². The van der Waals surface area contributed by atoms with Gasteiger partial charge in [0.15, 0.2) is 6.29 Å². The van der Waals surface area contributed by atoms with Crippen LogP contribution in [0.5, 0.6) is 5.88 Å². The molecule has 2 rings (SSSR count). The van der Waals surface area contributed by atoms with E-state index in [0.717, 1.165) is 11.8 Å². The number of aromatic nitrogens is 1. The second kappa shape index (κ2) is 5.46. The average molecular weight is 248 g/mol. The van der Waals surface area contributed by atoms with Crippen molar-refractivity contribution in [3.63, 3.8) is 0 Å². The van der Waals surface area contributed by atoms with Crippen molar-refractivity contribution in [1.29, 1.82) is 0 Å². The first kappa shape index (κ1) is 11.6. The van der Waals surface area contributed by atoms with Crippen LogP contribution in [-0.2, 0) is 6.61 Å². The Labute approximate surface area is 104 Å². The molecule has 1 heterocycles. The summed E-state index contributed by atoms with van der Waals surface area (Å²) in [6.07, 6.45) is 2.22. The summed E-state index contributed by atoms with van der Waals surface area (Å²) >= 11 is 5.78. The summed E-state index contributed by atoms with van der Waals surface area (Å²) in [5.41, 5.74) is 1.54. The number of halogens is 1. The van der Waals surface area contributed by atoms with E-state index >= 15 is 0 Å². The third-order valence-corrected chi connectivity index (χ3v) is 2.45. The topological polar surface area (TPSA) is 39.2 Å². The van der Waals surface area contributed by atoms with E-state index in [2.05, 4.69) is 4.98 Å². The molecule has 86 valence electrons. The molecule has 0 bridgehead atoms. The predicted octanol–water partition coefficient (Wildman–Crippen LogP) is 3.13. The van der Waals surface area contributed by atoms with Gasteiger partial charge in [0.05, 0.1) is 0 Å². The van der Waals surface area contributed by atoms with Crippen LogP contribution in [0.1, 0.15) is 15.9 Å². The number of rotatable bonds is 4. The summed E-state index contributed by atoms with van der Waals surface area (Å²) in [5.74, 6) is 0.491. The summed E-state index contributed by atoms with van der Waals surface area (Å²) in [6.45, 7) is 0.421. The van der Waals surface area contributed by atoms with Crippen molar-refractivity contribution in [2.75, 3.05) is 0 Å². The predicted molar refractivity (Wildman–Crippen MR) is 65.4 cm³/mol. The van der Waals surface area contributed by atoms with Gasteiger partial charge in [-0.3, -0.25) is 4.79 Å². The zero-order valence-electron chi connectivity index (χ0n) is 8.97. The smallest absolute Gasteiger partial charge is 0.213 e. The first-order valence-corrected chi connectivity index (χ1v) is 5.44. The zero-order valence-corrected chi connectivity index (χ0v) is 9.72. The summed E-state index contributed by atoms with van der Waals surface area (Å²) in [4.78, 5) is 14.4. The maximum Gasteiger partial charge on any atom is 0.213 e. The highest BCUT2D eigenvalue weighted by Crippen LogP contribution is 2.12. The molecule has 3 nitrogen and oxygen atoms in total. The molecule has 2 aromatic rings. The van der Waals surface area contributed by atoms with Gasteiger partial charge in [-0.05, 0) is 23.8 Å². The molecule has 0 fully saturated rings. The number of ether oxygens (including phenoxy) is 1. The van der Waals surface area contributed by atoms with Gasteiger partial charge in [0, 0.05) is 22.8 Å². The molecule has 0 atom stereocenters. The van der Waals surface area contributed by atoms with Gasteiger partial charge in [-0.1, -0.05) is 23.7 Å². The van der Waals surface area contributed by atoms with Gasteiger partial charge in [0.25, 0.3) is 0 Å². The van der Waals surface area contributed by atoms with E-state index < -0.39 is 0 Å². The van der Waals surface area contributed by atoms with Crippen LogP contribution < -0.4 is 4.74 Å². The summed E-state index contributed by atoms with van der Waals surface area (Å²) < 4.78 is 5.46. The van der Waals surface area contributed by atoms with Crippen LogP contribution in [0.3, 0.4) is 0 Å². The van der Waals surface area contributed by atoms with Crippen molar-refractivity contribution < 1.29 is 9.53 Å². The molecule has 0 aliphatic carbocycles. The van der Waals surface area contributed by atoms with E-state index in [1.54, 1.807) is 12.1 Å². The van der Waals surface area contributed by atoms with Crippen LogP contribution in [0.25, 0.3) is 0 Å². The van der Waals surface area contributed by atoms with Crippen LogP contribution >= 0.6 is 11.6 Å². The van der Waals surface area contributed by atoms with Crippen molar-refractivity contribution in [3.05, 3.63) is 58.7 Å². The van der Waals surface area contributed by atoms with Crippen LogP contribution in [0.4, 0.5) is 0 Å². The molecule has 0 unspecified atom stereocenters. The Hall–Kier alpha value is -1.87. The fourth-order valence-corrected chi connectivity index (χ4v) is 1.41. The number of hydrogen-bond donors (Lipinski definition) is 0. The number of hydrogen-bond acceptors (Lipinski definition) is 3. The van der Waals surface area contributed by atoms with Crippen molar-refractivity contribution in [1.82, 2.24) is 4.98 Å². The van der Waals surface area contributed by atoms with Crippen molar-refractivity contribution in [2.45, 2.75) is 6.61 Å². The van der Waals surface area contributed by atoms with Crippen LogP contribution in [0, 0.1) is 0 Å². The molecule has 0 aliphatic heterocycles. The van der Waals surface area contributed by atoms with Gasteiger partial charge in [0.1, 0.15) is 6.61 Å². The highest BCUT2D eigenvalue weighted by molar-refractivity contribution is 6.30. The molecule has 1 aromatic heterocycles. The summed E-state index contributed by atoms with van der Waals surface area (Å²) in [7, 11) is 0. The molecule has 4 heteroatoms. The molecule has 1 aromatic carbocycles. The molecule has 0 N–H and O–H groups in total. The number of benzene rings is 1. The standard InChI is InChI=1S/C13H10ClNO2/c14-12-4-1-10(2-5-12)9-17-13-6-3-11(8-16)7-15-13/h1-8H,9H2. The van der Waals surface area contributed by atoms with Crippen molar-refractivity contribution in [3.8, 4) is 5.88 Å². The van der Waals surface area contributed by atoms with E-state index in [4.69, 9.17) is 16.3 Å². The van der Waals surface area contributed by atoms with Gasteiger partial charge < -0.3 is 4.74 Å². The minimum absolute atomic E-state index is 0.421. The minimum atomic E-state index is 0.421. The van der Waals surface area contributed by atoms with Gasteiger partial charge in [-0.15, -0.1) is 0 Å². The van der Waals surface area contributed by atoms with Gasteiger partial charge in [-0.25, -0.2) is 4.98 Å². The Bertz CT molecular complexity index is 494. The molecule has 17 heavy (non-hydrogen) atoms. The lowest BCUT2D eigenvalue weighted by Crippen LogP contribution is -1.97. The van der Waals surface area contributed by atoms with E-state index in [1.165, 1.54) is 6.20 Å². The van der Waals surface area contributed by atoms with Crippen molar-refractivity contribution >= 4 is 17.9 Å². The first-order valence-electron chi connectivity index (χ1n) is 5.06. The fraction of sp³-hybridized carbons (Fsp3) is 0.0769. The number of carbonyl (C=O) groups excluding carboxylic acids is 1. The fourth-order valence-electron chi connectivity index (χ4n) is 1.28. The molecule has 0 aliphatic rings. The van der Waals surface area contributed by atoms with E-state index in [-0.39, 0.29) is 0 Å². The van der Waals surface area contributed by atoms with E-state index in [1.807, 2.05) is 24.3 Å². The van der Waals surface area contributed by atoms with Crippen molar-refractivity contribution in [2.24, 2.45) is 0 Å². The zero-order chi connectivity index (χ0) is 12.1. The van der Waals surface area contributed by atoms with Gasteiger partial charge in [0.2, 0.25) is 5.88 Å². The second-order valence-corrected chi connectivity index (χ2v) is 3.90. The Morgan fingerprint density at radius 2 is 1.94 bits per heavy atom. The second-order valence-electron chi connectivity index (χ2n) is 3.46. The first-order chi connectivity index (χ1) is 8.28.